The van der Waals surface area contributed by atoms with Crippen LogP contribution in [-0.2, 0) is 4.79 Å². The maximum absolute atomic E-state index is 12.4. The Bertz CT molecular complexity index is 697. The third-order valence-electron chi connectivity index (χ3n) is 4.41. The molecule has 0 radical (unpaired) electrons. The lowest BCUT2D eigenvalue weighted by Crippen LogP contribution is -2.40. The molecule has 3 nitrogen and oxygen atoms in total. The van der Waals surface area contributed by atoms with Gasteiger partial charge in [0.25, 0.3) is 0 Å². The van der Waals surface area contributed by atoms with Crippen molar-refractivity contribution >= 4 is 17.5 Å². The van der Waals surface area contributed by atoms with Gasteiger partial charge in [0.2, 0.25) is 5.91 Å². The van der Waals surface area contributed by atoms with E-state index in [4.69, 9.17) is 11.6 Å². The second-order valence-electron chi connectivity index (χ2n) is 6.07. The van der Waals surface area contributed by atoms with Crippen LogP contribution in [0.15, 0.2) is 48.5 Å². The van der Waals surface area contributed by atoms with E-state index in [0.717, 1.165) is 24.0 Å². The molecule has 3 rings (SSSR count). The number of benzene rings is 2. The zero-order valence-electron chi connectivity index (χ0n) is 12.8. The summed E-state index contributed by atoms with van der Waals surface area (Å²) in [6, 6.07) is 14.9. The minimum absolute atomic E-state index is 0.0305. The first kappa shape index (κ1) is 15.9. The van der Waals surface area contributed by atoms with E-state index in [-0.39, 0.29) is 17.6 Å². The molecule has 0 heterocycles. The van der Waals surface area contributed by atoms with Gasteiger partial charge < -0.3 is 10.4 Å². The second kappa shape index (κ2) is 7.05. The highest BCUT2D eigenvalue weighted by molar-refractivity contribution is 6.31. The average molecular weight is 330 g/mol. The van der Waals surface area contributed by atoms with E-state index < -0.39 is 0 Å². The Kier molecular flexibility index (Phi) is 4.87. The molecule has 0 unspecified atom stereocenters. The summed E-state index contributed by atoms with van der Waals surface area (Å²) in [4.78, 5) is 12.4. The van der Waals surface area contributed by atoms with E-state index in [2.05, 4.69) is 5.32 Å². The Morgan fingerprint density at radius 2 is 2.00 bits per heavy atom. The zero-order valence-corrected chi connectivity index (χ0v) is 13.6. The zero-order chi connectivity index (χ0) is 16.2. The first-order valence-corrected chi connectivity index (χ1v) is 8.34. The quantitative estimate of drug-likeness (QED) is 0.862. The van der Waals surface area contributed by atoms with Crippen molar-refractivity contribution in [1.82, 2.24) is 5.32 Å². The number of carbonyl (C=O) groups excluding carboxylic acids is 1. The van der Waals surface area contributed by atoms with Crippen LogP contribution < -0.4 is 5.32 Å². The summed E-state index contributed by atoms with van der Waals surface area (Å²) in [6.07, 6.45) is 3.64. The fraction of sp³-hybridized carbons (Fsp3) is 0.316. The number of aromatic hydroxyl groups is 1. The summed E-state index contributed by atoms with van der Waals surface area (Å²) in [5, 5.41) is 13.5. The molecule has 0 bridgehead atoms. The number of hydrogen-bond acceptors (Lipinski definition) is 2. The molecule has 2 aromatic carbocycles. The van der Waals surface area contributed by atoms with Gasteiger partial charge in [-0.15, -0.1) is 0 Å². The first-order chi connectivity index (χ1) is 11.1. The molecule has 0 spiro atoms. The van der Waals surface area contributed by atoms with Crippen LogP contribution in [0.4, 0.5) is 0 Å². The monoisotopic (exact) mass is 329 g/mol. The number of rotatable bonds is 5. The lowest BCUT2D eigenvalue weighted by molar-refractivity contribution is -0.122. The highest BCUT2D eigenvalue weighted by Gasteiger charge is 2.24. The molecule has 2 aromatic rings. The maximum atomic E-state index is 12.4. The van der Waals surface area contributed by atoms with Crippen LogP contribution >= 0.6 is 11.6 Å². The molecule has 0 aliphatic heterocycles. The summed E-state index contributed by atoms with van der Waals surface area (Å²) < 4.78 is 0. The first-order valence-electron chi connectivity index (χ1n) is 7.96. The Morgan fingerprint density at radius 3 is 2.65 bits per heavy atom. The van der Waals surface area contributed by atoms with Gasteiger partial charge in [-0.2, -0.15) is 0 Å². The maximum Gasteiger partial charge on any atom is 0.221 e. The molecular formula is C19H20ClNO2. The molecule has 1 aliphatic carbocycles. The molecule has 4 heteroatoms. The fourth-order valence-corrected chi connectivity index (χ4v) is 3.20. The van der Waals surface area contributed by atoms with Crippen LogP contribution in [0, 0.1) is 0 Å². The summed E-state index contributed by atoms with van der Waals surface area (Å²) in [6.45, 7) is 0. The molecule has 0 aromatic heterocycles. The minimum Gasteiger partial charge on any atom is -0.508 e. The molecule has 1 atom stereocenters. The van der Waals surface area contributed by atoms with Crippen molar-refractivity contribution < 1.29 is 9.90 Å². The Hall–Kier alpha value is -2.00. The molecule has 1 saturated carbocycles. The highest BCUT2D eigenvalue weighted by Crippen LogP contribution is 2.34. The van der Waals surface area contributed by atoms with Crippen LogP contribution in [0.5, 0.6) is 5.75 Å². The van der Waals surface area contributed by atoms with Gasteiger partial charge in [0.05, 0.1) is 0 Å². The topological polar surface area (TPSA) is 49.3 Å². The van der Waals surface area contributed by atoms with Crippen molar-refractivity contribution in [3.8, 4) is 5.75 Å². The second-order valence-corrected chi connectivity index (χ2v) is 6.48. The summed E-state index contributed by atoms with van der Waals surface area (Å²) in [5.41, 5.74) is 1.80. The van der Waals surface area contributed by atoms with Gasteiger partial charge in [0, 0.05) is 23.4 Å². The Morgan fingerprint density at radius 1 is 1.22 bits per heavy atom. The van der Waals surface area contributed by atoms with Gasteiger partial charge >= 0.3 is 0 Å². The summed E-state index contributed by atoms with van der Waals surface area (Å²) in [7, 11) is 0. The van der Waals surface area contributed by atoms with Gasteiger partial charge in [0.1, 0.15) is 5.75 Å². The molecule has 1 amide bonds. The van der Waals surface area contributed by atoms with Crippen LogP contribution in [0.25, 0.3) is 0 Å². The molecule has 1 aliphatic rings. The van der Waals surface area contributed by atoms with E-state index >= 15 is 0 Å². The van der Waals surface area contributed by atoms with Crippen molar-refractivity contribution in [2.75, 3.05) is 0 Å². The van der Waals surface area contributed by atoms with E-state index in [1.807, 2.05) is 30.3 Å². The molecule has 1 fully saturated rings. The number of amides is 1. The van der Waals surface area contributed by atoms with Crippen molar-refractivity contribution in [2.45, 2.75) is 37.6 Å². The number of carbonyl (C=O) groups is 1. The Labute approximate surface area is 141 Å². The van der Waals surface area contributed by atoms with E-state index in [9.17, 15) is 9.90 Å². The molecule has 23 heavy (non-hydrogen) atoms. The van der Waals surface area contributed by atoms with Crippen LogP contribution in [0.3, 0.4) is 0 Å². The smallest absolute Gasteiger partial charge is 0.221 e. The number of phenolic OH excluding ortho intramolecular Hbond substituents is 1. The molecule has 120 valence electrons. The molecular weight excluding hydrogens is 310 g/mol. The van der Waals surface area contributed by atoms with E-state index in [0.29, 0.717) is 17.5 Å². The highest BCUT2D eigenvalue weighted by atomic mass is 35.5. The van der Waals surface area contributed by atoms with Crippen LogP contribution in [-0.4, -0.2) is 17.1 Å². The lowest BCUT2D eigenvalue weighted by Gasteiger charge is -2.27. The van der Waals surface area contributed by atoms with Crippen molar-refractivity contribution in [2.24, 2.45) is 0 Å². The van der Waals surface area contributed by atoms with Gasteiger partial charge in [0.15, 0.2) is 0 Å². The van der Waals surface area contributed by atoms with Gasteiger partial charge in [-0.25, -0.2) is 0 Å². The average Bonchev–Trinajstić information content (AvgIpc) is 2.49. The van der Waals surface area contributed by atoms with Gasteiger partial charge in [-0.3, -0.25) is 4.79 Å². The number of hydrogen-bond donors (Lipinski definition) is 2. The predicted molar refractivity (Wildman–Crippen MR) is 91.8 cm³/mol. The van der Waals surface area contributed by atoms with Crippen LogP contribution in [0.1, 0.15) is 42.7 Å². The molecule has 0 saturated heterocycles. The van der Waals surface area contributed by atoms with Crippen molar-refractivity contribution in [1.29, 1.82) is 0 Å². The van der Waals surface area contributed by atoms with E-state index in [1.165, 1.54) is 6.42 Å². The largest absolute Gasteiger partial charge is 0.508 e. The van der Waals surface area contributed by atoms with Crippen molar-refractivity contribution in [3.63, 3.8) is 0 Å². The SMILES string of the molecule is O=C(C[C@@H](c1cccc(O)c1)c1ccccc1Cl)NC1CCC1. The van der Waals surface area contributed by atoms with E-state index in [1.54, 1.807) is 18.2 Å². The summed E-state index contributed by atoms with van der Waals surface area (Å²) in [5.74, 6) is 0.0535. The number of halogens is 1. The fourth-order valence-electron chi connectivity index (χ4n) is 2.93. The molecule has 2 N–H and O–H groups in total. The third-order valence-corrected chi connectivity index (χ3v) is 4.76. The minimum atomic E-state index is -0.170. The van der Waals surface area contributed by atoms with Gasteiger partial charge in [-0.05, 0) is 48.6 Å². The lowest BCUT2D eigenvalue weighted by atomic mass is 9.87. The van der Waals surface area contributed by atoms with Crippen LogP contribution in [0.2, 0.25) is 5.02 Å². The summed E-state index contributed by atoms with van der Waals surface area (Å²) >= 11 is 6.34. The predicted octanol–water partition coefficient (Wildman–Crippen LogP) is 4.24. The third kappa shape index (κ3) is 3.85. The Balaban J connectivity index is 1.86. The van der Waals surface area contributed by atoms with Crippen molar-refractivity contribution in [3.05, 3.63) is 64.7 Å². The van der Waals surface area contributed by atoms with Gasteiger partial charge in [-0.1, -0.05) is 41.9 Å². The number of phenols is 1. The normalized spacial score (nSPS) is 15.7. The standard InChI is InChI=1S/C19H20ClNO2/c20-18-10-2-1-9-16(18)17(13-5-3-8-15(22)11-13)12-19(23)21-14-6-4-7-14/h1-3,5,8-11,14,17,22H,4,6-7,12H2,(H,21,23)/t17-/m0/s1. The number of nitrogens with one attached hydrogen (secondary N) is 1.